The topological polar surface area (TPSA) is 26.3 Å². The van der Waals surface area contributed by atoms with E-state index in [0.717, 1.165) is 12.2 Å². The van der Waals surface area contributed by atoms with E-state index in [0.29, 0.717) is 11.7 Å². The molecule has 1 aromatic carbocycles. The second kappa shape index (κ2) is 4.66. The first kappa shape index (κ1) is 15.4. The average molecular weight is 334 g/mol. The Bertz CT molecular complexity index is 817. The smallest absolute Gasteiger partial charge is 0.160 e. The van der Waals surface area contributed by atoms with Gasteiger partial charge in [-0.1, -0.05) is 49.6 Å². The highest BCUT2D eigenvalue weighted by Gasteiger charge is 2.77. The van der Waals surface area contributed by atoms with Crippen molar-refractivity contribution in [2.24, 2.45) is 22.7 Å². The van der Waals surface area contributed by atoms with Crippen LogP contribution in [0.1, 0.15) is 45.1 Å². The number of carbonyl (C=O) groups excluding carboxylic acids is 1. The van der Waals surface area contributed by atoms with Crippen molar-refractivity contribution in [1.82, 2.24) is 0 Å². The third-order valence-electron chi connectivity index (χ3n) is 8.21. The summed E-state index contributed by atoms with van der Waals surface area (Å²) in [6.45, 7) is 4.64. The van der Waals surface area contributed by atoms with E-state index in [4.69, 9.17) is 4.74 Å². The molecule has 2 fully saturated rings. The van der Waals surface area contributed by atoms with Crippen molar-refractivity contribution < 1.29 is 9.53 Å². The van der Waals surface area contributed by atoms with Gasteiger partial charge in [-0.05, 0) is 49.0 Å². The third-order valence-corrected chi connectivity index (χ3v) is 8.21. The first-order valence-electron chi connectivity index (χ1n) is 9.57. The second-order valence-electron chi connectivity index (χ2n) is 8.76. The molecule has 0 aliphatic heterocycles. The van der Waals surface area contributed by atoms with Crippen LogP contribution in [-0.2, 0) is 10.2 Å². The van der Waals surface area contributed by atoms with Gasteiger partial charge >= 0.3 is 0 Å². The van der Waals surface area contributed by atoms with Crippen molar-refractivity contribution in [2.75, 3.05) is 7.11 Å². The number of ketones is 1. The van der Waals surface area contributed by atoms with Crippen LogP contribution in [0.5, 0.6) is 5.75 Å². The van der Waals surface area contributed by atoms with Crippen molar-refractivity contribution in [2.45, 2.75) is 44.9 Å². The second-order valence-corrected chi connectivity index (χ2v) is 8.76. The van der Waals surface area contributed by atoms with Gasteiger partial charge in [-0.3, -0.25) is 4.79 Å². The van der Waals surface area contributed by atoms with Gasteiger partial charge < -0.3 is 4.74 Å². The fourth-order valence-electron chi connectivity index (χ4n) is 7.24. The van der Waals surface area contributed by atoms with Crippen LogP contribution >= 0.6 is 0 Å². The number of carbonyl (C=O) groups is 1. The molecule has 1 aromatic rings. The van der Waals surface area contributed by atoms with Gasteiger partial charge in [-0.25, -0.2) is 0 Å². The van der Waals surface area contributed by atoms with Crippen LogP contribution in [0.15, 0.2) is 48.1 Å². The molecule has 130 valence electrons. The minimum atomic E-state index is -0.0584. The van der Waals surface area contributed by atoms with Crippen LogP contribution in [0.25, 0.3) is 0 Å². The maximum absolute atomic E-state index is 13.0. The van der Waals surface area contributed by atoms with E-state index in [2.05, 4.69) is 50.3 Å². The zero-order valence-electron chi connectivity index (χ0n) is 15.3. The molecule has 4 aliphatic rings. The van der Waals surface area contributed by atoms with Gasteiger partial charge in [0.25, 0.3) is 0 Å². The molecule has 0 aromatic heterocycles. The van der Waals surface area contributed by atoms with Crippen molar-refractivity contribution in [3.8, 4) is 5.75 Å². The molecule has 25 heavy (non-hydrogen) atoms. The summed E-state index contributed by atoms with van der Waals surface area (Å²) < 4.78 is 5.38. The number of ether oxygens (including phenoxy) is 1. The van der Waals surface area contributed by atoms with Gasteiger partial charge in [-0.2, -0.15) is 0 Å². The first-order chi connectivity index (χ1) is 12.0. The van der Waals surface area contributed by atoms with E-state index >= 15 is 0 Å². The summed E-state index contributed by atoms with van der Waals surface area (Å²) in [6.07, 6.45) is 11.8. The normalized spacial score (nSPS) is 43.8. The summed E-state index contributed by atoms with van der Waals surface area (Å²) >= 11 is 0. The molecule has 4 aliphatic carbocycles. The largest absolute Gasteiger partial charge is 0.497 e. The van der Waals surface area contributed by atoms with Crippen LogP contribution < -0.4 is 4.74 Å². The number of methoxy groups -OCH3 is 1. The van der Waals surface area contributed by atoms with Crippen LogP contribution in [0, 0.1) is 22.7 Å². The van der Waals surface area contributed by atoms with E-state index in [1.165, 1.54) is 30.4 Å². The fourth-order valence-corrected chi connectivity index (χ4v) is 7.24. The summed E-state index contributed by atoms with van der Waals surface area (Å²) in [6, 6.07) is 8.62. The molecule has 2 heteroatoms. The highest BCUT2D eigenvalue weighted by Crippen LogP contribution is 2.80. The highest BCUT2D eigenvalue weighted by molar-refractivity contribution is 5.98. The van der Waals surface area contributed by atoms with E-state index in [1.54, 1.807) is 7.11 Å². The Kier molecular flexibility index (Phi) is 2.88. The molecule has 2 saturated carbocycles. The van der Waals surface area contributed by atoms with Gasteiger partial charge in [0, 0.05) is 22.7 Å². The molecular formula is C23H26O2. The maximum atomic E-state index is 13.0. The Labute approximate surface area is 150 Å². The number of hydrogen-bond donors (Lipinski definition) is 0. The lowest BCUT2D eigenvalue weighted by Crippen LogP contribution is -2.47. The Morgan fingerprint density at radius 2 is 1.76 bits per heavy atom. The molecule has 0 saturated heterocycles. The standard InChI is InChI=1S/C23H26O2/c1-15-14-18(24)20-19(15)23(16-6-8-17(25-3)9-7-16)13-12-22(20)11-5-4-10-21(22,23)2/h6-9,12-14,19-20H,4-5,10-11H2,1-3H3/t19-,20+,21+,22+,23-/m1/s1. The van der Waals surface area contributed by atoms with Crippen LogP contribution in [0.2, 0.25) is 0 Å². The van der Waals surface area contributed by atoms with Gasteiger partial charge in [0.05, 0.1) is 7.11 Å². The number of fused-ring (bicyclic) bond motifs is 2. The van der Waals surface area contributed by atoms with Crippen molar-refractivity contribution >= 4 is 5.78 Å². The summed E-state index contributed by atoms with van der Waals surface area (Å²) in [7, 11) is 1.71. The maximum Gasteiger partial charge on any atom is 0.160 e. The summed E-state index contributed by atoms with van der Waals surface area (Å²) in [5.41, 5.74) is 2.75. The summed E-state index contributed by atoms with van der Waals surface area (Å²) in [4.78, 5) is 13.0. The lowest BCUT2D eigenvalue weighted by Gasteiger charge is -2.51. The predicted molar refractivity (Wildman–Crippen MR) is 98.6 cm³/mol. The van der Waals surface area contributed by atoms with Gasteiger partial charge in [0.15, 0.2) is 5.78 Å². The molecule has 0 spiro atoms. The molecule has 2 bridgehead atoms. The Balaban J connectivity index is 1.78. The molecule has 5 atom stereocenters. The number of allylic oxidation sites excluding steroid dienone is 4. The van der Waals surface area contributed by atoms with Gasteiger partial charge in [0.1, 0.15) is 5.75 Å². The molecule has 0 radical (unpaired) electrons. The summed E-state index contributed by atoms with van der Waals surface area (Å²) in [5, 5.41) is 0. The monoisotopic (exact) mass is 334 g/mol. The molecule has 0 heterocycles. The van der Waals surface area contributed by atoms with Crippen molar-refractivity contribution in [1.29, 1.82) is 0 Å². The molecular weight excluding hydrogens is 308 g/mol. The molecule has 0 N–H and O–H groups in total. The zero-order chi connectivity index (χ0) is 17.4. The predicted octanol–water partition coefficient (Wildman–Crippen LogP) is 4.84. The van der Waals surface area contributed by atoms with Crippen LogP contribution in [0.4, 0.5) is 0 Å². The lowest BCUT2D eigenvalue weighted by molar-refractivity contribution is -0.122. The lowest BCUT2D eigenvalue weighted by atomic mass is 9.52. The zero-order valence-corrected chi connectivity index (χ0v) is 15.3. The van der Waals surface area contributed by atoms with E-state index < -0.39 is 0 Å². The number of rotatable bonds is 2. The third kappa shape index (κ3) is 1.48. The van der Waals surface area contributed by atoms with Crippen LogP contribution in [-0.4, -0.2) is 12.9 Å². The number of benzene rings is 1. The quantitative estimate of drug-likeness (QED) is 0.723. The SMILES string of the molecule is COc1ccc([C@@]23C=C[C@@]4(CCCC[C@@]42C)[C@H]2C(=O)C=C(C)[C@H]23)cc1. The molecule has 0 amide bonds. The Morgan fingerprint density at radius 3 is 2.48 bits per heavy atom. The summed E-state index contributed by atoms with van der Waals surface area (Å²) in [5.74, 6) is 1.73. The van der Waals surface area contributed by atoms with E-state index in [1.807, 2.05) is 6.08 Å². The highest BCUT2D eigenvalue weighted by atomic mass is 16.5. The molecule has 0 unspecified atom stereocenters. The molecule has 2 nitrogen and oxygen atoms in total. The Hall–Kier alpha value is -1.83. The van der Waals surface area contributed by atoms with Crippen molar-refractivity contribution in [3.05, 3.63) is 53.6 Å². The van der Waals surface area contributed by atoms with E-state index in [9.17, 15) is 4.79 Å². The van der Waals surface area contributed by atoms with Crippen LogP contribution in [0.3, 0.4) is 0 Å². The van der Waals surface area contributed by atoms with Gasteiger partial charge in [0.2, 0.25) is 0 Å². The average Bonchev–Trinajstić information content (AvgIpc) is 3.15. The van der Waals surface area contributed by atoms with Gasteiger partial charge in [-0.15, -0.1) is 0 Å². The number of hydrogen-bond acceptors (Lipinski definition) is 2. The minimum absolute atomic E-state index is 0.0428. The first-order valence-corrected chi connectivity index (χ1v) is 9.57. The fraction of sp³-hybridized carbons (Fsp3) is 0.522. The Morgan fingerprint density at radius 1 is 1.04 bits per heavy atom. The van der Waals surface area contributed by atoms with Crippen molar-refractivity contribution in [3.63, 3.8) is 0 Å². The minimum Gasteiger partial charge on any atom is -0.497 e. The van der Waals surface area contributed by atoms with E-state index in [-0.39, 0.29) is 22.2 Å². The molecule has 5 rings (SSSR count).